The molecule has 0 radical (unpaired) electrons. The van der Waals surface area contributed by atoms with Crippen LogP contribution in [0.4, 0.5) is 5.13 Å². The van der Waals surface area contributed by atoms with Crippen molar-refractivity contribution in [3.8, 4) is 0 Å². The molecular weight excluding hydrogens is 498 g/mol. The smallest absolute Gasteiger partial charge is 0.254 e. The van der Waals surface area contributed by atoms with Crippen LogP contribution in [0, 0.1) is 0 Å². The zero-order valence-corrected chi connectivity index (χ0v) is 22.6. The molecule has 1 fully saturated rings. The predicted molar refractivity (Wildman–Crippen MR) is 150 cm³/mol. The minimum Gasteiger partial charge on any atom is -0.353 e. The summed E-state index contributed by atoms with van der Waals surface area (Å²) < 4.78 is 0. The molecular formula is C29H35N5O3S. The number of carbonyl (C=O) groups is 3. The van der Waals surface area contributed by atoms with Gasteiger partial charge in [-0.15, -0.1) is 11.3 Å². The Labute approximate surface area is 228 Å². The molecule has 3 amide bonds. The van der Waals surface area contributed by atoms with Crippen LogP contribution in [0.3, 0.4) is 0 Å². The Morgan fingerprint density at radius 1 is 1.00 bits per heavy atom. The molecule has 38 heavy (non-hydrogen) atoms. The van der Waals surface area contributed by atoms with E-state index >= 15 is 0 Å². The standard InChI is InChI=1S/C29H35N5O3S/c1-2-15-34(28(37)23-11-7-4-8-12-23)20-27(36)32-29-31-25(21-38-29)18-26(35)30-24-13-16-33(17-14-24)19-22-9-5-3-6-10-22/h3-12,21,24H,2,13-20H2,1H3,(H,30,35)(H,31,32,36). The first-order valence-electron chi connectivity index (χ1n) is 13.1. The van der Waals surface area contributed by atoms with Gasteiger partial charge in [0.25, 0.3) is 5.91 Å². The molecule has 1 saturated heterocycles. The van der Waals surface area contributed by atoms with Gasteiger partial charge in [-0.25, -0.2) is 4.98 Å². The van der Waals surface area contributed by atoms with Crippen LogP contribution < -0.4 is 10.6 Å². The van der Waals surface area contributed by atoms with Crippen LogP contribution in [0.5, 0.6) is 0 Å². The Bertz CT molecular complexity index is 1190. The van der Waals surface area contributed by atoms with Crippen LogP contribution in [-0.4, -0.2) is 64.7 Å². The summed E-state index contributed by atoms with van der Waals surface area (Å²) in [6, 6.07) is 19.6. The number of piperidine rings is 1. The zero-order chi connectivity index (χ0) is 26.7. The number of aromatic nitrogens is 1. The number of nitrogens with zero attached hydrogens (tertiary/aromatic N) is 3. The second kappa shape index (κ2) is 13.8. The van der Waals surface area contributed by atoms with Gasteiger partial charge in [0.05, 0.1) is 12.1 Å². The second-order valence-electron chi connectivity index (χ2n) is 9.57. The molecule has 1 aliphatic heterocycles. The van der Waals surface area contributed by atoms with E-state index in [0.717, 1.165) is 38.9 Å². The average molecular weight is 534 g/mol. The number of hydrogen-bond acceptors (Lipinski definition) is 6. The zero-order valence-electron chi connectivity index (χ0n) is 21.8. The van der Waals surface area contributed by atoms with Crippen LogP contribution in [0.15, 0.2) is 66.0 Å². The number of benzene rings is 2. The highest BCUT2D eigenvalue weighted by molar-refractivity contribution is 7.13. The molecule has 0 bridgehead atoms. The monoisotopic (exact) mass is 533 g/mol. The van der Waals surface area contributed by atoms with Crippen LogP contribution in [0.1, 0.15) is 47.8 Å². The van der Waals surface area contributed by atoms with Gasteiger partial charge in [0, 0.05) is 43.2 Å². The van der Waals surface area contributed by atoms with E-state index in [0.29, 0.717) is 22.9 Å². The largest absolute Gasteiger partial charge is 0.353 e. The third-order valence-corrected chi connectivity index (χ3v) is 7.28. The number of nitrogens with one attached hydrogen (secondary N) is 2. The van der Waals surface area contributed by atoms with Crippen LogP contribution in [0.2, 0.25) is 0 Å². The summed E-state index contributed by atoms with van der Waals surface area (Å²) in [5, 5.41) is 8.13. The lowest BCUT2D eigenvalue weighted by molar-refractivity contribution is -0.121. The summed E-state index contributed by atoms with van der Waals surface area (Å²) in [6.45, 7) is 5.24. The maximum absolute atomic E-state index is 12.8. The number of thiazole rings is 1. The fraction of sp³-hybridized carbons (Fsp3) is 0.379. The highest BCUT2D eigenvalue weighted by Gasteiger charge is 2.22. The minimum absolute atomic E-state index is 0.0556. The lowest BCUT2D eigenvalue weighted by Gasteiger charge is -2.32. The Morgan fingerprint density at radius 2 is 1.68 bits per heavy atom. The van der Waals surface area contributed by atoms with E-state index in [4.69, 9.17) is 0 Å². The van der Waals surface area contributed by atoms with Crippen molar-refractivity contribution in [2.24, 2.45) is 0 Å². The van der Waals surface area contributed by atoms with E-state index in [1.165, 1.54) is 21.8 Å². The molecule has 0 atom stereocenters. The first kappa shape index (κ1) is 27.5. The molecule has 0 aliphatic carbocycles. The van der Waals surface area contributed by atoms with Crippen molar-refractivity contribution in [3.63, 3.8) is 0 Å². The fourth-order valence-corrected chi connectivity index (χ4v) is 5.31. The molecule has 2 N–H and O–H groups in total. The predicted octanol–water partition coefficient (Wildman–Crippen LogP) is 3.96. The fourth-order valence-electron chi connectivity index (χ4n) is 4.58. The maximum atomic E-state index is 12.8. The van der Waals surface area contributed by atoms with Crippen molar-refractivity contribution >= 4 is 34.2 Å². The van der Waals surface area contributed by atoms with Gasteiger partial charge >= 0.3 is 0 Å². The van der Waals surface area contributed by atoms with Crippen molar-refractivity contribution in [2.45, 2.75) is 45.2 Å². The molecule has 8 nitrogen and oxygen atoms in total. The van der Waals surface area contributed by atoms with E-state index in [1.54, 1.807) is 29.6 Å². The quantitative estimate of drug-likeness (QED) is 0.389. The summed E-state index contributed by atoms with van der Waals surface area (Å²) in [4.78, 5) is 46.4. The van der Waals surface area contributed by atoms with Gasteiger partial charge in [-0.1, -0.05) is 55.5 Å². The first-order valence-corrected chi connectivity index (χ1v) is 14.0. The molecule has 3 aromatic rings. The van der Waals surface area contributed by atoms with E-state index in [1.807, 2.05) is 19.1 Å². The summed E-state index contributed by atoms with van der Waals surface area (Å²) in [7, 11) is 0. The molecule has 0 unspecified atom stereocenters. The second-order valence-corrected chi connectivity index (χ2v) is 10.4. The van der Waals surface area contributed by atoms with Gasteiger partial charge in [-0.3, -0.25) is 19.3 Å². The molecule has 2 heterocycles. The molecule has 1 aliphatic rings. The van der Waals surface area contributed by atoms with Gasteiger partial charge in [-0.05, 0) is 37.0 Å². The Kier molecular flexibility index (Phi) is 10.0. The van der Waals surface area contributed by atoms with Gasteiger partial charge in [0.2, 0.25) is 11.8 Å². The van der Waals surface area contributed by atoms with E-state index < -0.39 is 0 Å². The van der Waals surface area contributed by atoms with Crippen LogP contribution >= 0.6 is 11.3 Å². The Balaban J connectivity index is 1.20. The highest BCUT2D eigenvalue weighted by atomic mass is 32.1. The summed E-state index contributed by atoms with van der Waals surface area (Å²) >= 11 is 1.28. The number of hydrogen-bond donors (Lipinski definition) is 2. The molecule has 0 saturated carbocycles. The number of likely N-dealkylation sites (tertiary alicyclic amines) is 1. The summed E-state index contributed by atoms with van der Waals surface area (Å²) in [6.07, 6.45) is 2.76. The highest BCUT2D eigenvalue weighted by Crippen LogP contribution is 2.17. The molecule has 1 aromatic heterocycles. The average Bonchev–Trinajstić information content (AvgIpc) is 3.36. The number of amides is 3. The van der Waals surface area contributed by atoms with Gasteiger partial charge in [0.15, 0.2) is 5.13 Å². The van der Waals surface area contributed by atoms with Crippen LogP contribution in [0.25, 0.3) is 0 Å². The molecule has 200 valence electrons. The molecule has 0 spiro atoms. The minimum atomic E-state index is -0.310. The lowest BCUT2D eigenvalue weighted by atomic mass is 10.0. The third-order valence-electron chi connectivity index (χ3n) is 6.48. The van der Waals surface area contributed by atoms with Crippen LogP contribution in [-0.2, 0) is 22.6 Å². The Morgan fingerprint density at radius 3 is 2.37 bits per heavy atom. The summed E-state index contributed by atoms with van der Waals surface area (Å²) in [5.41, 5.74) is 2.48. The molecule has 2 aromatic carbocycles. The normalized spacial score (nSPS) is 14.1. The van der Waals surface area contributed by atoms with Crippen molar-refractivity contribution in [1.82, 2.24) is 20.1 Å². The first-order chi connectivity index (χ1) is 18.5. The number of carbonyl (C=O) groups excluding carboxylic acids is 3. The van der Waals surface area contributed by atoms with Gasteiger partial charge < -0.3 is 15.5 Å². The van der Waals surface area contributed by atoms with E-state index in [9.17, 15) is 14.4 Å². The molecule has 9 heteroatoms. The van der Waals surface area contributed by atoms with Crippen molar-refractivity contribution in [2.75, 3.05) is 31.5 Å². The van der Waals surface area contributed by atoms with Crippen molar-refractivity contribution in [3.05, 3.63) is 82.9 Å². The number of rotatable bonds is 11. The van der Waals surface area contributed by atoms with E-state index in [-0.39, 0.29) is 36.7 Å². The third kappa shape index (κ3) is 8.22. The van der Waals surface area contributed by atoms with Crippen molar-refractivity contribution < 1.29 is 14.4 Å². The van der Waals surface area contributed by atoms with Gasteiger partial charge in [-0.2, -0.15) is 0 Å². The topological polar surface area (TPSA) is 94.6 Å². The van der Waals surface area contributed by atoms with E-state index in [2.05, 4.69) is 44.8 Å². The summed E-state index contributed by atoms with van der Waals surface area (Å²) in [5.74, 6) is -0.544. The number of anilines is 1. The Hall–Kier alpha value is -3.56. The SMILES string of the molecule is CCCN(CC(=O)Nc1nc(CC(=O)NC2CCN(Cc3ccccc3)CC2)cs1)C(=O)c1ccccc1. The maximum Gasteiger partial charge on any atom is 0.254 e. The van der Waals surface area contributed by atoms with Gasteiger partial charge in [0.1, 0.15) is 6.54 Å². The molecule has 4 rings (SSSR count). The van der Waals surface area contributed by atoms with Crippen molar-refractivity contribution in [1.29, 1.82) is 0 Å². The lowest BCUT2D eigenvalue weighted by Crippen LogP contribution is -2.44.